The van der Waals surface area contributed by atoms with Crippen molar-refractivity contribution in [2.45, 2.75) is 6.42 Å². The van der Waals surface area contributed by atoms with Crippen LogP contribution in [0.4, 0.5) is 4.39 Å². The molecule has 0 aromatic rings. The Bertz CT molecular complexity index is 413. The van der Waals surface area contributed by atoms with Crippen LogP contribution in [0.2, 0.25) is 0 Å². The second kappa shape index (κ2) is 3.25. The van der Waals surface area contributed by atoms with Gasteiger partial charge in [0.2, 0.25) is 0 Å². The largest absolute Gasteiger partial charge is 0.278 e. The van der Waals surface area contributed by atoms with Gasteiger partial charge >= 0.3 is 0 Å². The molecule has 0 aromatic carbocycles. The number of hydrogen-bond acceptors (Lipinski definition) is 3. The molecule has 1 aliphatic heterocycles. The van der Waals surface area contributed by atoms with Crippen LogP contribution in [0, 0.1) is 11.8 Å². The molecule has 1 heterocycles. The second-order valence-electron chi connectivity index (χ2n) is 1.89. The van der Waals surface area contributed by atoms with Crippen LogP contribution in [-0.2, 0) is 9.05 Å². The molecule has 1 aliphatic rings. The normalized spacial score (nSPS) is 16.8. The van der Waals surface area contributed by atoms with E-state index in [0.717, 1.165) is 6.08 Å². The van der Waals surface area contributed by atoms with Crippen LogP contribution in [0.25, 0.3) is 0 Å². The summed E-state index contributed by atoms with van der Waals surface area (Å²) in [7, 11) is 0.968. The highest BCUT2D eigenvalue weighted by atomic mass is 35.7. The predicted octanol–water partition coefficient (Wildman–Crippen LogP) is 1.17. The molecular weight excluding hydrogens is 205 g/mol. The zero-order valence-corrected chi connectivity index (χ0v) is 7.28. The molecule has 0 spiro atoms. The Morgan fingerprint density at radius 2 is 2.33 bits per heavy atom. The van der Waals surface area contributed by atoms with Crippen LogP contribution in [-0.4, -0.2) is 14.4 Å². The van der Waals surface area contributed by atoms with Crippen molar-refractivity contribution in [3.8, 4) is 11.8 Å². The molecule has 0 aromatic heterocycles. The van der Waals surface area contributed by atoms with Crippen molar-refractivity contribution >= 4 is 25.7 Å². The van der Waals surface area contributed by atoms with Crippen molar-refractivity contribution < 1.29 is 12.8 Å². The van der Waals surface area contributed by atoms with Gasteiger partial charge in [-0.3, -0.25) is 0 Å². The van der Waals surface area contributed by atoms with Gasteiger partial charge in [0.05, 0.1) is 0 Å². The summed E-state index contributed by atoms with van der Waals surface area (Å²) < 4.78 is 33.7. The standard InChI is InChI=1S/C6H3ClFNO2S/c7-12(10,11)6-4-2-1-3-5(8)9-6/h4H,2H2. The van der Waals surface area contributed by atoms with E-state index in [2.05, 4.69) is 10.9 Å². The lowest BCUT2D eigenvalue weighted by Crippen LogP contribution is -1.93. The second-order valence-corrected chi connectivity index (χ2v) is 4.40. The lowest BCUT2D eigenvalue weighted by atomic mass is 10.4. The maximum Gasteiger partial charge on any atom is 0.278 e. The van der Waals surface area contributed by atoms with E-state index >= 15 is 0 Å². The van der Waals surface area contributed by atoms with E-state index in [-0.39, 0.29) is 6.42 Å². The molecule has 3 nitrogen and oxygen atoms in total. The fourth-order valence-corrected chi connectivity index (χ4v) is 1.35. The van der Waals surface area contributed by atoms with E-state index in [1.165, 1.54) is 0 Å². The summed E-state index contributed by atoms with van der Waals surface area (Å²) in [6.45, 7) is 0. The number of aliphatic imine (C=N–C) groups is 1. The zero-order chi connectivity index (χ0) is 9.19. The number of rotatable bonds is 1. The first-order chi connectivity index (χ1) is 5.50. The van der Waals surface area contributed by atoms with Gasteiger partial charge in [0.1, 0.15) is 0 Å². The van der Waals surface area contributed by atoms with Crippen LogP contribution in [0.5, 0.6) is 0 Å². The van der Waals surface area contributed by atoms with Crippen molar-refractivity contribution in [2.75, 3.05) is 0 Å². The molecule has 0 atom stereocenters. The van der Waals surface area contributed by atoms with Crippen LogP contribution in [0.3, 0.4) is 0 Å². The summed E-state index contributed by atoms with van der Waals surface area (Å²) in [4.78, 5) is 3.06. The Morgan fingerprint density at radius 1 is 1.67 bits per heavy atom. The first kappa shape index (κ1) is 9.23. The van der Waals surface area contributed by atoms with Gasteiger partial charge in [0.25, 0.3) is 15.0 Å². The van der Waals surface area contributed by atoms with E-state index in [4.69, 9.17) is 10.7 Å². The van der Waals surface area contributed by atoms with E-state index in [1.54, 1.807) is 0 Å². The Labute approximate surface area is 73.4 Å². The van der Waals surface area contributed by atoms with Crippen molar-refractivity contribution in [3.63, 3.8) is 0 Å². The molecule has 0 saturated heterocycles. The molecule has 0 radical (unpaired) electrons. The molecule has 6 heteroatoms. The number of nitrogens with zero attached hydrogens (tertiary/aromatic N) is 1. The minimum Gasteiger partial charge on any atom is -0.205 e. The molecular formula is C6H3ClFNO2S. The van der Waals surface area contributed by atoms with Crippen LogP contribution in [0.15, 0.2) is 16.1 Å². The summed E-state index contributed by atoms with van der Waals surface area (Å²) in [5.41, 5.74) is 0. The summed E-state index contributed by atoms with van der Waals surface area (Å²) in [6, 6.07) is 0. The van der Waals surface area contributed by atoms with E-state index in [9.17, 15) is 12.8 Å². The fraction of sp³-hybridized carbons (Fsp3) is 0.167. The molecule has 1 rings (SSSR count). The predicted molar refractivity (Wildman–Crippen MR) is 43.8 cm³/mol. The van der Waals surface area contributed by atoms with Gasteiger partial charge in [-0.2, -0.15) is 9.38 Å². The highest BCUT2D eigenvalue weighted by molar-refractivity contribution is 8.16. The first-order valence-corrected chi connectivity index (χ1v) is 5.19. The zero-order valence-electron chi connectivity index (χ0n) is 5.71. The quantitative estimate of drug-likeness (QED) is 0.479. The highest BCUT2D eigenvalue weighted by Crippen LogP contribution is 2.15. The first-order valence-electron chi connectivity index (χ1n) is 2.88. The Kier molecular flexibility index (Phi) is 2.50. The minimum atomic E-state index is -3.96. The van der Waals surface area contributed by atoms with E-state index < -0.39 is 20.0 Å². The Morgan fingerprint density at radius 3 is 2.92 bits per heavy atom. The molecule has 0 fully saturated rings. The van der Waals surface area contributed by atoms with Crippen LogP contribution in [0.1, 0.15) is 6.42 Å². The maximum atomic E-state index is 12.4. The molecule has 0 saturated carbocycles. The smallest absolute Gasteiger partial charge is 0.205 e. The van der Waals surface area contributed by atoms with Crippen molar-refractivity contribution in [3.05, 3.63) is 11.1 Å². The minimum absolute atomic E-state index is 0.123. The van der Waals surface area contributed by atoms with E-state index in [1.807, 2.05) is 5.92 Å². The van der Waals surface area contributed by atoms with Gasteiger partial charge in [-0.15, -0.1) is 0 Å². The third-order valence-corrected chi connectivity index (χ3v) is 2.26. The molecule has 0 bridgehead atoms. The lowest BCUT2D eigenvalue weighted by molar-refractivity contribution is 0.614. The van der Waals surface area contributed by atoms with Crippen LogP contribution < -0.4 is 0 Å². The average molecular weight is 208 g/mol. The van der Waals surface area contributed by atoms with Gasteiger partial charge in [-0.1, -0.05) is 5.92 Å². The lowest BCUT2D eigenvalue weighted by Gasteiger charge is -1.92. The highest BCUT2D eigenvalue weighted by Gasteiger charge is 2.14. The monoisotopic (exact) mass is 207 g/mol. The molecule has 0 amide bonds. The van der Waals surface area contributed by atoms with Crippen molar-refractivity contribution in [1.29, 1.82) is 0 Å². The third kappa shape index (κ3) is 2.32. The van der Waals surface area contributed by atoms with Gasteiger partial charge in [-0.05, 0) is 12.0 Å². The van der Waals surface area contributed by atoms with Gasteiger partial charge in [0, 0.05) is 17.1 Å². The van der Waals surface area contributed by atoms with Gasteiger partial charge in [0.15, 0.2) is 5.03 Å². The van der Waals surface area contributed by atoms with E-state index in [0.29, 0.717) is 0 Å². The van der Waals surface area contributed by atoms with Gasteiger partial charge in [-0.25, -0.2) is 8.42 Å². The molecule has 0 unspecified atom stereocenters. The van der Waals surface area contributed by atoms with Crippen molar-refractivity contribution in [2.24, 2.45) is 4.99 Å². The summed E-state index contributed by atoms with van der Waals surface area (Å²) in [5, 5.41) is -0.501. The SMILES string of the molecule is O=S(=O)(Cl)C1=CCC#CC(F)=N1. The molecule has 64 valence electrons. The molecule has 0 aliphatic carbocycles. The number of allylic oxidation sites excluding steroid dienone is 1. The topological polar surface area (TPSA) is 46.5 Å². The number of hydrogen-bond donors (Lipinski definition) is 0. The van der Waals surface area contributed by atoms with Crippen LogP contribution >= 0.6 is 10.7 Å². The maximum absolute atomic E-state index is 12.4. The summed E-state index contributed by atoms with van der Waals surface area (Å²) in [5.74, 6) is 3.31. The van der Waals surface area contributed by atoms with Gasteiger partial charge < -0.3 is 0 Å². The third-order valence-electron chi connectivity index (χ3n) is 1.03. The molecule has 0 N–H and O–H groups in total. The number of halogens is 2. The summed E-state index contributed by atoms with van der Waals surface area (Å²) in [6.07, 6.45) is 1.28. The Balaban J connectivity index is 3.13. The Hall–Kier alpha value is -0.860. The average Bonchev–Trinajstić information content (AvgIpc) is 2.11. The molecule has 12 heavy (non-hydrogen) atoms. The fourth-order valence-electron chi connectivity index (χ4n) is 0.587. The van der Waals surface area contributed by atoms with Crippen molar-refractivity contribution in [1.82, 2.24) is 0 Å². The summed E-state index contributed by atoms with van der Waals surface area (Å²) >= 11 is 0.